The Hall–Kier alpha value is -0.920. The van der Waals surface area contributed by atoms with Crippen molar-refractivity contribution in [1.29, 1.82) is 0 Å². The molecule has 1 aliphatic carbocycles. The van der Waals surface area contributed by atoms with Gasteiger partial charge in [0.15, 0.2) is 0 Å². The molecule has 0 nitrogen and oxygen atoms in total. The van der Waals surface area contributed by atoms with Crippen LogP contribution in [-0.2, 0) is 21.9 Å². The Labute approximate surface area is 179 Å². The minimum Gasteiger partial charge on any atom is -1.00 e. The quantitative estimate of drug-likeness (QED) is 0.388. The molecule has 0 spiro atoms. The largest absolute Gasteiger partial charge is 1.00 e. The molecule has 1 unspecified atom stereocenters. The van der Waals surface area contributed by atoms with Crippen molar-refractivity contribution in [3.63, 3.8) is 0 Å². The van der Waals surface area contributed by atoms with Gasteiger partial charge in [0.2, 0.25) is 0 Å². The number of rotatable bonds is 3. The molecule has 0 aromatic heterocycles. The zero-order chi connectivity index (χ0) is 16.4. The van der Waals surface area contributed by atoms with E-state index in [1.807, 2.05) is 0 Å². The van der Waals surface area contributed by atoms with E-state index in [0.717, 1.165) is 3.63 Å². The Balaban J connectivity index is 0.00000121. The van der Waals surface area contributed by atoms with Crippen LogP contribution in [0.25, 0.3) is 6.08 Å². The summed E-state index contributed by atoms with van der Waals surface area (Å²) in [5.74, 6) is 0. The molecule has 4 rings (SSSR count). The van der Waals surface area contributed by atoms with Gasteiger partial charge in [0.25, 0.3) is 0 Å². The van der Waals surface area contributed by atoms with Crippen molar-refractivity contribution in [2.45, 2.75) is 10.5 Å². The van der Waals surface area contributed by atoms with Gasteiger partial charge >= 0.3 is 156 Å². The molecule has 0 radical (unpaired) electrons. The van der Waals surface area contributed by atoms with Gasteiger partial charge < -0.3 is 24.8 Å². The van der Waals surface area contributed by atoms with E-state index in [4.69, 9.17) is 0 Å². The summed E-state index contributed by atoms with van der Waals surface area (Å²) in [5, 5.41) is 3.16. The van der Waals surface area contributed by atoms with Crippen molar-refractivity contribution in [2.24, 2.45) is 0 Å². The van der Waals surface area contributed by atoms with Gasteiger partial charge in [-0.2, -0.15) is 0 Å². The molecular formula is C22H19Cl2SiZr. The summed E-state index contributed by atoms with van der Waals surface area (Å²) in [6.45, 7) is 2.33. The predicted octanol–water partition coefficient (Wildman–Crippen LogP) is -1.96. The molecule has 1 atom stereocenters. The Kier molecular flexibility index (Phi) is 8.10. The van der Waals surface area contributed by atoms with Gasteiger partial charge in [-0.15, -0.1) is 0 Å². The van der Waals surface area contributed by atoms with Crippen LogP contribution in [0, 0.1) is 0 Å². The van der Waals surface area contributed by atoms with Crippen LogP contribution in [0.3, 0.4) is 0 Å². The second kappa shape index (κ2) is 9.85. The normalized spacial score (nSPS) is 14.2. The monoisotopic (exact) mass is 471 g/mol. The molecule has 0 fully saturated rings. The smallest absolute Gasteiger partial charge is 1.00 e. The molecule has 0 bridgehead atoms. The van der Waals surface area contributed by atoms with Crippen LogP contribution in [-0.4, -0.2) is 5.43 Å². The number of allylic oxidation sites excluding steroid dienone is 1. The van der Waals surface area contributed by atoms with Crippen LogP contribution < -0.4 is 35.2 Å². The summed E-state index contributed by atoms with van der Waals surface area (Å²) in [6, 6.07) is 31.5. The first-order valence-corrected chi connectivity index (χ1v) is 14.9. The van der Waals surface area contributed by atoms with Gasteiger partial charge in [0, 0.05) is 0 Å². The van der Waals surface area contributed by atoms with Gasteiger partial charge in [0.05, 0.1) is 0 Å². The standard InChI is InChI=1S/C12H10Si.C10H9.2ClH.Zr/c1-3-7-11(8-4-1)13-12-9-5-2-6-10-12;1-8-6-9-4-2-3-5-10(9)7-8;;;/h1-10H;2-7H,1H3;2*1H;/q;;;;+2/p-2. The molecule has 0 saturated carbocycles. The fourth-order valence-corrected chi connectivity index (χ4v) is 16.5. The third kappa shape index (κ3) is 4.49. The maximum absolute atomic E-state index is 2.41. The molecule has 3 aromatic carbocycles. The first-order chi connectivity index (χ1) is 11.8. The Morgan fingerprint density at radius 2 is 1.19 bits per heavy atom. The average Bonchev–Trinajstić information content (AvgIpc) is 2.96. The van der Waals surface area contributed by atoms with Crippen molar-refractivity contribution >= 4 is 21.9 Å². The van der Waals surface area contributed by atoms with Crippen molar-refractivity contribution in [3.8, 4) is 0 Å². The van der Waals surface area contributed by atoms with Crippen molar-refractivity contribution in [2.75, 3.05) is 0 Å². The molecule has 0 saturated heterocycles. The van der Waals surface area contributed by atoms with Gasteiger partial charge in [-0.05, 0) is 0 Å². The molecule has 129 valence electrons. The SMILES string of the molecule is CC1=Cc2ccccc2[CH]1[Zr+2]=[Si](c1ccccc1)c1ccccc1.[Cl-].[Cl-]. The fraction of sp³-hybridized carbons (Fsp3) is 0.0909. The van der Waals surface area contributed by atoms with E-state index in [9.17, 15) is 0 Å². The van der Waals surface area contributed by atoms with Gasteiger partial charge in [-0.25, -0.2) is 0 Å². The average molecular weight is 474 g/mol. The number of fused-ring (bicyclic) bond motifs is 1. The summed E-state index contributed by atoms with van der Waals surface area (Å²) in [6.07, 6.45) is 2.41. The maximum atomic E-state index is 2.41. The van der Waals surface area contributed by atoms with Crippen LogP contribution in [0.2, 0.25) is 0 Å². The van der Waals surface area contributed by atoms with Crippen molar-refractivity contribution in [3.05, 3.63) is 102 Å². The van der Waals surface area contributed by atoms with E-state index in [2.05, 4.69) is 97.9 Å². The van der Waals surface area contributed by atoms with E-state index in [1.54, 1.807) is 21.5 Å². The molecule has 26 heavy (non-hydrogen) atoms. The molecule has 1 aliphatic rings. The minimum atomic E-state index is -0.662. The molecule has 0 aliphatic heterocycles. The van der Waals surface area contributed by atoms with Gasteiger partial charge in [-0.1, -0.05) is 0 Å². The van der Waals surface area contributed by atoms with Crippen LogP contribution in [0.5, 0.6) is 0 Å². The number of benzene rings is 3. The van der Waals surface area contributed by atoms with Crippen LogP contribution in [0.4, 0.5) is 0 Å². The summed E-state index contributed by atoms with van der Waals surface area (Å²) >= 11 is -0.662. The zero-order valence-corrected chi connectivity index (χ0v) is 19.5. The van der Waals surface area contributed by atoms with Crippen LogP contribution >= 0.6 is 0 Å². The summed E-state index contributed by atoms with van der Waals surface area (Å²) < 4.78 is 0.721. The zero-order valence-electron chi connectivity index (χ0n) is 14.5. The predicted molar refractivity (Wildman–Crippen MR) is 101 cm³/mol. The van der Waals surface area contributed by atoms with Crippen LogP contribution in [0.1, 0.15) is 21.7 Å². The molecule has 0 amide bonds. The topological polar surface area (TPSA) is 0 Å². The fourth-order valence-electron chi connectivity index (χ4n) is 3.36. The second-order valence-electron chi connectivity index (χ2n) is 6.20. The minimum absolute atomic E-state index is 0. The maximum Gasteiger partial charge on any atom is -1.00 e. The Bertz CT molecular complexity index is 880. The van der Waals surface area contributed by atoms with Crippen molar-refractivity contribution < 1.29 is 46.7 Å². The van der Waals surface area contributed by atoms with E-state index < -0.39 is 27.3 Å². The first kappa shape index (κ1) is 21.4. The molecule has 0 N–H and O–H groups in total. The molecule has 3 aromatic rings. The Morgan fingerprint density at radius 3 is 1.77 bits per heavy atom. The van der Waals surface area contributed by atoms with E-state index in [-0.39, 0.29) is 24.8 Å². The van der Waals surface area contributed by atoms with E-state index in [1.165, 1.54) is 5.56 Å². The second-order valence-corrected chi connectivity index (χ2v) is 15.6. The first-order valence-electron chi connectivity index (χ1n) is 8.34. The van der Waals surface area contributed by atoms with Gasteiger partial charge in [-0.3, -0.25) is 0 Å². The molecule has 0 heterocycles. The van der Waals surface area contributed by atoms with Gasteiger partial charge in [0.1, 0.15) is 0 Å². The Morgan fingerprint density at radius 1 is 0.692 bits per heavy atom. The summed E-state index contributed by atoms with van der Waals surface area (Å²) in [7, 11) is 0. The van der Waals surface area contributed by atoms with Crippen molar-refractivity contribution in [1.82, 2.24) is 0 Å². The number of hydrogen-bond donors (Lipinski definition) is 0. The van der Waals surface area contributed by atoms with Crippen LogP contribution in [0.15, 0.2) is 90.5 Å². The van der Waals surface area contributed by atoms with E-state index in [0.29, 0.717) is 0 Å². The third-order valence-corrected chi connectivity index (χ3v) is 17.4. The number of halogens is 2. The summed E-state index contributed by atoms with van der Waals surface area (Å²) in [5.41, 5.74) is 3.98. The molecular weight excluding hydrogens is 454 g/mol. The van der Waals surface area contributed by atoms with E-state index >= 15 is 0 Å². The summed E-state index contributed by atoms with van der Waals surface area (Å²) in [4.78, 5) is 0. The molecule has 4 heteroatoms. The third-order valence-electron chi connectivity index (χ3n) is 4.56. The number of hydrogen-bond acceptors (Lipinski definition) is 0.